The van der Waals surface area contributed by atoms with Gasteiger partial charge in [0.05, 0.1) is 10.7 Å². The third kappa shape index (κ3) is 4.39. The minimum absolute atomic E-state index is 0.120. The minimum atomic E-state index is 0.120. The molecular formula is C16H25ClN2. The Morgan fingerprint density at radius 3 is 2.58 bits per heavy atom. The van der Waals surface area contributed by atoms with Crippen LogP contribution in [0.2, 0.25) is 5.02 Å². The summed E-state index contributed by atoms with van der Waals surface area (Å²) in [6, 6.07) is 6.20. The van der Waals surface area contributed by atoms with Crippen LogP contribution >= 0.6 is 11.6 Å². The van der Waals surface area contributed by atoms with Gasteiger partial charge in [-0.2, -0.15) is 0 Å². The van der Waals surface area contributed by atoms with Crippen LogP contribution in [0, 0.1) is 5.92 Å². The zero-order chi connectivity index (χ0) is 14.0. The third-order valence-electron chi connectivity index (χ3n) is 3.49. The molecule has 2 rings (SSSR count). The van der Waals surface area contributed by atoms with E-state index in [4.69, 9.17) is 11.6 Å². The van der Waals surface area contributed by atoms with Crippen molar-refractivity contribution in [2.45, 2.75) is 45.7 Å². The van der Waals surface area contributed by atoms with Gasteiger partial charge in [-0.15, -0.1) is 0 Å². The number of anilines is 1. The zero-order valence-electron chi connectivity index (χ0n) is 12.5. The Morgan fingerprint density at radius 1 is 1.32 bits per heavy atom. The molecule has 1 aliphatic rings. The second-order valence-corrected chi connectivity index (χ2v) is 7.08. The van der Waals surface area contributed by atoms with E-state index in [9.17, 15) is 0 Å². The van der Waals surface area contributed by atoms with Crippen molar-refractivity contribution in [3.05, 3.63) is 28.8 Å². The van der Waals surface area contributed by atoms with Gasteiger partial charge in [-0.25, -0.2) is 0 Å². The van der Waals surface area contributed by atoms with Gasteiger partial charge in [-0.3, -0.25) is 0 Å². The quantitative estimate of drug-likeness (QED) is 0.874. The summed E-state index contributed by atoms with van der Waals surface area (Å²) in [5.41, 5.74) is 2.59. The van der Waals surface area contributed by atoms with Crippen LogP contribution in [0.3, 0.4) is 0 Å². The van der Waals surface area contributed by atoms with Crippen molar-refractivity contribution in [1.82, 2.24) is 5.32 Å². The fraction of sp³-hybridized carbons (Fsp3) is 0.625. The highest BCUT2D eigenvalue weighted by molar-refractivity contribution is 6.33. The van der Waals surface area contributed by atoms with Gasteiger partial charge in [0.25, 0.3) is 0 Å². The molecule has 3 heteroatoms. The predicted molar refractivity (Wildman–Crippen MR) is 84.0 cm³/mol. The Balaban J connectivity index is 2.14. The summed E-state index contributed by atoms with van der Waals surface area (Å²) in [4.78, 5) is 2.32. The number of nitrogens with zero attached hydrogens (tertiary/aromatic N) is 1. The average Bonchev–Trinajstić information content (AvgIpc) is 3.09. The molecule has 1 aromatic carbocycles. The largest absolute Gasteiger partial charge is 0.373 e. The third-order valence-corrected chi connectivity index (χ3v) is 3.80. The van der Waals surface area contributed by atoms with Gasteiger partial charge in [0.15, 0.2) is 0 Å². The molecule has 0 bridgehead atoms. The molecule has 1 saturated carbocycles. The molecule has 0 atom stereocenters. The van der Waals surface area contributed by atoms with E-state index in [0.29, 0.717) is 0 Å². The van der Waals surface area contributed by atoms with Crippen molar-refractivity contribution in [1.29, 1.82) is 0 Å². The van der Waals surface area contributed by atoms with E-state index in [-0.39, 0.29) is 5.54 Å². The topological polar surface area (TPSA) is 15.3 Å². The molecule has 0 aromatic heterocycles. The first-order valence-corrected chi connectivity index (χ1v) is 7.48. The van der Waals surface area contributed by atoms with E-state index in [2.05, 4.69) is 44.1 Å². The molecule has 1 fully saturated rings. The summed E-state index contributed by atoms with van der Waals surface area (Å²) in [6.45, 7) is 8.53. The smallest absolute Gasteiger partial charge is 0.0642 e. The lowest BCUT2D eigenvalue weighted by atomic mass is 10.1. The maximum Gasteiger partial charge on any atom is 0.0642 e. The molecule has 1 N–H and O–H groups in total. The molecule has 0 spiro atoms. The van der Waals surface area contributed by atoms with Crippen LogP contribution in [0.1, 0.15) is 39.2 Å². The molecule has 0 radical (unpaired) electrons. The number of hydrogen-bond acceptors (Lipinski definition) is 2. The zero-order valence-corrected chi connectivity index (χ0v) is 13.2. The number of nitrogens with one attached hydrogen (secondary N) is 1. The summed E-state index contributed by atoms with van der Waals surface area (Å²) < 4.78 is 0. The predicted octanol–water partition coefficient (Wildman–Crippen LogP) is 4.07. The Kier molecular flexibility index (Phi) is 4.42. The summed E-state index contributed by atoms with van der Waals surface area (Å²) in [5.74, 6) is 0.865. The second-order valence-electron chi connectivity index (χ2n) is 6.68. The summed E-state index contributed by atoms with van der Waals surface area (Å²) in [7, 11) is 2.15. The van der Waals surface area contributed by atoms with Gasteiger partial charge in [0, 0.05) is 25.7 Å². The van der Waals surface area contributed by atoms with E-state index >= 15 is 0 Å². The van der Waals surface area contributed by atoms with Gasteiger partial charge < -0.3 is 10.2 Å². The minimum Gasteiger partial charge on any atom is -0.373 e. The van der Waals surface area contributed by atoms with Crippen LogP contribution in [0.4, 0.5) is 5.69 Å². The number of rotatable bonds is 5. The van der Waals surface area contributed by atoms with Gasteiger partial charge in [-0.1, -0.05) is 23.7 Å². The summed E-state index contributed by atoms with van der Waals surface area (Å²) >= 11 is 6.41. The first-order valence-electron chi connectivity index (χ1n) is 7.10. The molecule has 0 unspecified atom stereocenters. The Labute approximate surface area is 122 Å². The van der Waals surface area contributed by atoms with Crippen LogP contribution in [0.5, 0.6) is 0 Å². The van der Waals surface area contributed by atoms with Crippen molar-refractivity contribution in [3.63, 3.8) is 0 Å². The van der Waals surface area contributed by atoms with Crippen LogP contribution in [0.25, 0.3) is 0 Å². The molecule has 1 aliphatic carbocycles. The van der Waals surface area contributed by atoms with E-state index in [1.807, 2.05) is 12.1 Å². The lowest BCUT2D eigenvalue weighted by molar-refractivity contribution is 0.424. The summed E-state index contributed by atoms with van der Waals surface area (Å²) in [6.07, 6.45) is 2.73. The molecule has 19 heavy (non-hydrogen) atoms. The first-order chi connectivity index (χ1) is 8.87. The van der Waals surface area contributed by atoms with E-state index < -0.39 is 0 Å². The van der Waals surface area contributed by atoms with Crippen LogP contribution in [-0.2, 0) is 6.54 Å². The highest BCUT2D eigenvalue weighted by Crippen LogP contribution is 2.35. The first kappa shape index (κ1) is 14.7. The Bertz CT molecular complexity index is 433. The maximum absolute atomic E-state index is 6.41. The van der Waals surface area contributed by atoms with Crippen molar-refractivity contribution >= 4 is 17.3 Å². The van der Waals surface area contributed by atoms with Crippen molar-refractivity contribution in [2.24, 2.45) is 5.92 Å². The second kappa shape index (κ2) is 5.72. The fourth-order valence-electron chi connectivity index (χ4n) is 2.27. The molecule has 0 heterocycles. The highest BCUT2D eigenvalue weighted by atomic mass is 35.5. The monoisotopic (exact) mass is 280 g/mol. The maximum atomic E-state index is 6.41. The molecule has 2 nitrogen and oxygen atoms in total. The molecule has 0 saturated heterocycles. The SMILES string of the molecule is CN(CC1CC1)c1c(Cl)cccc1CNC(C)(C)C. The van der Waals surface area contributed by atoms with Gasteiger partial charge in [0.1, 0.15) is 0 Å². The van der Waals surface area contributed by atoms with Crippen molar-refractivity contribution in [2.75, 3.05) is 18.5 Å². The molecule has 0 aliphatic heterocycles. The fourth-order valence-corrected chi connectivity index (χ4v) is 2.61. The summed E-state index contributed by atoms with van der Waals surface area (Å²) in [5, 5.41) is 4.40. The Hall–Kier alpha value is -0.730. The molecular weight excluding hydrogens is 256 g/mol. The van der Waals surface area contributed by atoms with E-state index in [1.54, 1.807) is 0 Å². The number of para-hydroxylation sites is 1. The standard InChI is InChI=1S/C16H25ClN2/c1-16(2,3)18-10-13-6-5-7-14(17)15(13)19(4)11-12-8-9-12/h5-7,12,18H,8-11H2,1-4H3. The van der Waals surface area contributed by atoms with Crippen molar-refractivity contribution < 1.29 is 0 Å². The van der Waals surface area contributed by atoms with Gasteiger partial charge >= 0.3 is 0 Å². The number of hydrogen-bond donors (Lipinski definition) is 1. The molecule has 106 valence electrons. The van der Waals surface area contributed by atoms with Crippen molar-refractivity contribution in [3.8, 4) is 0 Å². The van der Waals surface area contributed by atoms with Gasteiger partial charge in [0.2, 0.25) is 0 Å². The molecule has 1 aromatic rings. The van der Waals surface area contributed by atoms with Crippen LogP contribution in [0.15, 0.2) is 18.2 Å². The average molecular weight is 281 g/mol. The van der Waals surface area contributed by atoms with E-state index in [0.717, 1.165) is 24.0 Å². The highest BCUT2D eigenvalue weighted by Gasteiger charge is 2.24. The van der Waals surface area contributed by atoms with Crippen LogP contribution in [-0.4, -0.2) is 19.1 Å². The lowest BCUT2D eigenvalue weighted by Gasteiger charge is -2.26. The Morgan fingerprint density at radius 2 is 2.00 bits per heavy atom. The molecule has 0 amide bonds. The van der Waals surface area contributed by atoms with Gasteiger partial charge in [-0.05, 0) is 51.2 Å². The lowest BCUT2D eigenvalue weighted by Crippen LogP contribution is -2.35. The number of benzene rings is 1. The number of halogens is 1. The van der Waals surface area contributed by atoms with E-state index in [1.165, 1.54) is 24.1 Å². The normalized spacial score (nSPS) is 15.6. The van der Waals surface area contributed by atoms with Crippen LogP contribution < -0.4 is 10.2 Å².